The van der Waals surface area contributed by atoms with Gasteiger partial charge in [-0.2, -0.15) is 0 Å². The van der Waals surface area contributed by atoms with Crippen LogP contribution in [0.5, 0.6) is 0 Å². The summed E-state index contributed by atoms with van der Waals surface area (Å²) in [6.07, 6.45) is 8.69. The van der Waals surface area contributed by atoms with Crippen molar-refractivity contribution in [2.45, 2.75) is 64.6 Å². The molecule has 0 spiro atoms. The molecule has 2 aromatic heterocycles. The molecule has 0 atom stereocenters. The molecule has 0 radical (unpaired) electrons. The molecule has 152 valence electrons. The smallest absolute Gasteiger partial charge is 0.228 e. The number of aryl methyl sites for hydroxylation is 1. The lowest BCUT2D eigenvalue weighted by Gasteiger charge is -2.35. The third-order valence-corrected chi connectivity index (χ3v) is 6.81. The third kappa shape index (κ3) is 5.18. The fourth-order valence-electron chi connectivity index (χ4n) is 4.41. The Labute approximate surface area is 178 Å². The zero-order valence-electron chi connectivity index (χ0n) is 17.2. The molecule has 29 heavy (non-hydrogen) atoms. The molecule has 0 unspecified atom stereocenters. The highest BCUT2D eigenvalue weighted by Crippen LogP contribution is 2.26. The number of carbonyl (C=O) groups is 1. The Morgan fingerprint density at radius 3 is 2.72 bits per heavy atom. The number of thiophene rings is 1. The van der Waals surface area contributed by atoms with Crippen molar-refractivity contribution < 1.29 is 4.79 Å². The first-order valence-corrected chi connectivity index (χ1v) is 11.6. The standard InChI is InChI=1S/C25H30N2OS/c1-20-8-5-9-21(16-20)18-26-14-6-12-23(26)19-27(22-10-3-2-4-11-22)25(28)17-24-13-7-15-29-24/h5-9,12-16,22H,2-4,10-11,17-19H2,1H3. The van der Waals surface area contributed by atoms with E-state index in [2.05, 4.69) is 70.4 Å². The van der Waals surface area contributed by atoms with Crippen LogP contribution in [0.4, 0.5) is 0 Å². The quantitative estimate of drug-likeness (QED) is 0.486. The van der Waals surface area contributed by atoms with Gasteiger partial charge in [-0.3, -0.25) is 4.79 Å². The van der Waals surface area contributed by atoms with Crippen molar-refractivity contribution in [3.63, 3.8) is 0 Å². The van der Waals surface area contributed by atoms with Gasteiger partial charge in [0.1, 0.15) is 0 Å². The molecule has 1 fully saturated rings. The Morgan fingerprint density at radius 1 is 1.10 bits per heavy atom. The first kappa shape index (κ1) is 20.0. The minimum Gasteiger partial charge on any atom is -0.345 e. The second-order valence-corrected chi connectivity index (χ2v) is 9.22. The van der Waals surface area contributed by atoms with Gasteiger partial charge in [-0.25, -0.2) is 0 Å². The summed E-state index contributed by atoms with van der Waals surface area (Å²) in [6, 6.07) is 17.4. The topological polar surface area (TPSA) is 25.2 Å². The Morgan fingerprint density at radius 2 is 1.97 bits per heavy atom. The third-order valence-electron chi connectivity index (χ3n) is 5.93. The van der Waals surface area contributed by atoms with Crippen LogP contribution in [0.25, 0.3) is 0 Å². The van der Waals surface area contributed by atoms with Crippen LogP contribution in [0.3, 0.4) is 0 Å². The van der Waals surface area contributed by atoms with Gasteiger partial charge < -0.3 is 9.47 Å². The first-order valence-electron chi connectivity index (χ1n) is 10.7. The van der Waals surface area contributed by atoms with Gasteiger partial charge in [0.05, 0.1) is 13.0 Å². The van der Waals surface area contributed by atoms with E-state index in [4.69, 9.17) is 0 Å². The van der Waals surface area contributed by atoms with Crippen molar-refractivity contribution >= 4 is 17.2 Å². The van der Waals surface area contributed by atoms with E-state index in [0.717, 1.165) is 24.3 Å². The molecule has 1 saturated carbocycles. The lowest BCUT2D eigenvalue weighted by atomic mass is 9.93. The Kier molecular flexibility index (Phi) is 6.50. The van der Waals surface area contributed by atoms with Gasteiger partial charge in [0.2, 0.25) is 5.91 Å². The van der Waals surface area contributed by atoms with Crippen LogP contribution in [0, 0.1) is 6.92 Å². The minimum absolute atomic E-state index is 0.266. The van der Waals surface area contributed by atoms with Gasteiger partial charge in [0.15, 0.2) is 0 Å². The van der Waals surface area contributed by atoms with E-state index in [1.165, 1.54) is 36.1 Å². The number of nitrogens with zero attached hydrogens (tertiary/aromatic N) is 2. The van der Waals surface area contributed by atoms with Gasteiger partial charge >= 0.3 is 0 Å². The van der Waals surface area contributed by atoms with Crippen molar-refractivity contribution in [3.8, 4) is 0 Å². The summed E-state index contributed by atoms with van der Waals surface area (Å²) in [4.78, 5) is 16.6. The van der Waals surface area contributed by atoms with E-state index in [1.54, 1.807) is 11.3 Å². The summed E-state index contributed by atoms with van der Waals surface area (Å²) >= 11 is 1.68. The van der Waals surface area contributed by atoms with Crippen LogP contribution in [0.2, 0.25) is 0 Å². The van der Waals surface area contributed by atoms with Crippen LogP contribution in [0.1, 0.15) is 53.8 Å². The van der Waals surface area contributed by atoms with Crippen molar-refractivity contribution in [1.82, 2.24) is 9.47 Å². The minimum atomic E-state index is 0.266. The predicted molar refractivity (Wildman–Crippen MR) is 120 cm³/mol. The number of rotatable bonds is 7. The lowest BCUT2D eigenvalue weighted by Crippen LogP contribution is -2.42. The normalized spacial score (nSPS) is 14.8. The number of benzene rings is 1. The van der Waals surface area contributed by atoms with Crippen LogP contribution < -0.4 is 0 Å². The molecule has 2 heterocycles. The maximum atomic E-state index is 13.3. The summed E-state index contributed by atoms with van der Waals surface area (Å²) in [6.45, 7) is 3.68. The summed E-state index contributed by atoms with van der Waals surface area (Å²) in [7, 11) is 0. The molecule has 4 heteroatoms. The molecule has 1 aliphatic rings. The number of hydrogen-bond acceptors (Lipinski definition) is 2. The van der Waals surface area contributed by atoms with E-state index in [1.807, 2.05) is 6.07 Å². The Hall–Kier alpha value is -2.33. The molecule has 3 aromatic rings. The molecule has 3 nitrogen and oxygen atoms in total. The van der Waals surface area contributed by atoms with Crippen molar-refractivity contribution in [1.29, 1.82) is 0 Å². The Bertz CT molecular complexity index is 922. The highest BCUT2D eigenvalue weighted by atomic mass is 32.1. The fraction of sp³-hybridized carbons (Fsp3) is 0.400. The summed E-state index contributed by atoms with van der Waals surface area (Å²) < 4.78 is 2.29. The van der Waals surface area contributed by atoms with Gasteiger partial charge in [-0.1, -0.05) is 55.2 Å². The summed E-state index contributed by atoms with van der Waals surface area (Å²) in [5, 5.41) is 2.06. The lowest BCUT2D eigenvalue weighted by molar-refractivity contribution is -0.134. The van der Waals surface area contributed by atoms with Crippen molar-refractivity contribution in [2.75, 3.05) is 0 Å². The summed E-state index contributed by atoms with van der Waals surface area (Å²) in [5.41, 5.74) is 3.80. The second kappa shape index (κ2) is 9.45. The monoisotopic (exact) mass is 406 g/mol. The van der Waals surface area contributed by atoms with E-state index >= 15 is 0 Å². The highest BCUT2D eigenvalue weighted by Gasteiger charge is 2.26. The van der Waals surface area contributed by atoms with Crippen LogP contribution in [-0.4, -0.2) is 21.4 Å². The van der Waals surface area contributed by atoms with E-state index in [9.17, 15) is 4.79 Å². The van der Waals surface area contributed by atoms with Crippen LogP contribution >= 0.6 is 11.3 Å². The molecule has 1 aliphatic carbocycles. The first-order chi connectivity index (χ1) is 14.2. The molecule has 1 aromatic carbocycles. The fourth-order valence-corrected chi connectivity index (χ4v) is 5.10. The van der Waals surface area contributed by atoms with Crippen molar-refractivity contribution in [2.24, 2.45) is 0 Å². The molecule has 0 saturated heterocycles. The molecule has 0 aliphatic heterocycles. The van der Waals surface area contributed by atoms with Gasteiger partial charge in [-0.15, -0.1) is 11.3 Å². The Balaban J connectivity index is 1.53. The largest absolute Gasteiger partial charge is 0.345 e. The number of hydrogen-bond donors (Lipinski definition) is 0. The average molecular weight is 407 g/mol. The molecule has 0 N–H and O–H groups in total. The SMILES string of the molecule is Cc1cccc(Cn2cccc2CN(C(=O)Cc2cccs2)C2CCCCC2)c1. The predicted octanol–water partition coefficient (Wildman–Crippen LogP) is 5.81. The van der Waals surface area contributed by atoms with E-state index in [0.29, 0.717) is 19.0 Å². The molecular formula is C25H30N2OS. The number of carbonyl (C=O) groups excluding carboxylic acids is 1. The molecule has 0 bridgehead atoms. The highest BCUT2D eigenvalue weighted by molar-refractivity contribution is 7.10. The maximum Gasteiger partial charge on any atom is 0.228 e. The molecule has 4 rings (SSSR count). The zero-order chi connectivity index (χ0) is 20.1. The van der Waals surface area contributed by atoms with Gasteiger partial charge in [-0.05, 0) is 48.9 Å². The zero-order valence-corrected chi connectivity index (χ0v) is 18.0. The second-order valence-electron chi connectivity index (χ2n) is 8.19. The average Bonchev–Trinajstić information content (AvgIpc) is 3.39. The van der Waals surface area contributed by atoms with Crippen LogP contribution in [-0.2, 0) is 24.3 Å². The maximum absolute atomic E-state index is 13.3. The van der Waals surface area contributed by atoms with E-state index < -0.39 is 0 Å². The molecular weight excluding hydrogens is 376 g/mol. The van der Waals surface area contributed by atoms with Gasteiger partial charge in [0, 0.05) is 29.4 Å². The van der Waals surface area contributed by atoms with Crippen LogP contribution in [0.15, 0.2) is 60.1 Å². The summed E-state index contributed by atoms with van der Waals surface area (Å²) in [5.74, 6) is 0.266. The van der Waals surface area contributed by atoms with Gasteiger partial charge in [0.25, 0.3) is 0 Å². The molecule has 1 amide bonds. The van der Waals surface area contributed by atoms with E-state index in [-0.39, 0.29) is 5.91 Å². The number of aromatic nitrogens is 1. The van der Waals surface area contributed by atoms with Crippen molar-refractivity contribution in [3.05, 3.63) is 81.8 Å². The number of amides is 1.